The van der Waals surface area contributed by atoms with Crippen molar-refractivity contribution in [3.8, 4) is 0 Å². The van der Waals surface area contributed by atoms with Crippen molar-refractivity contribution in [1.82, 2.24) is 5.32 Å². The Kier molecular flexibility index (Phi) is 57.1. The lowest BCUT2D eigenvalue weighted by Gasteiger charge is -2.40. The van der Waals surface area contributed by atoms with E-state index in [0.717, 1.165) is 89.9 Å². The second kappa shape index (κ2) is 61.0. The summed E-state index contributed by atoms with van der Waals surface area (Å²) in [5.41, 5.74) is 0. The maximum atomic E-state index is 13.1. The minimum atomic E-state index is -1.57. The van der Waals surface area contributed by atoms with Crippen LogP contribution in [0, 0.1) is 0 Å². The van der Waals surface area contributed by atoms with Crippen LogP contribution in [0.4, 0.5) is 0 Å². The van der Waals surface area contributed by atoms with E-state index >= 15 is 0 Å². The number of aliphatic hydroxyl groups is 5. The summed E-state index contributed by atoms with van der Waals surface area (Å²) in [5.74, 6) is -0.178. The van der Waals surface area contributed by atoms with Crippen molar-refractivity contribution in [2.75, 3.05) is 13.2 Å². The van der Waals surface area contributed by atoms with Gasteiger partial charge in [-0.1, -0.05) is 309 Å². The molecule has 1 rings (SSSR count). The molecule has 82 heavy (non-hydrogen) atoms. The standard InChI is InChI=1S/C73H127NO8/c1-3-5-7-9-11-13-15-17-19-21-23-25-26-27-28-29-30-31-32-33-34-35-36-37-38-39-40-41-42-43-45-47-49-51-53-55-57-59-61-63-69(77)74-66(65-81-73-72(80)71(79)70(78)68(64-75)82-73)67(76)62-60-58-56-54-52-50-48-46-44-24-22-20-18-16-14-12-10-8-6-4-2/h5,7,11,13,17,19,23,25,27-28,30-31,33-34,36-37,60,62,66-68,70-73,75-76,78-80H,3-4,6,8-10,12,14-16,18,20-22,24,26,29,32,35,38-59,61,63-65H2,1-2H3,(H,74,77)/b7-5-,13-11-,19-17-,25-23-,28-27-,31-30-,34-33-,37-36-,62-60+. The molecule has 0 aliphatic carbocycles. The molecule has 1 aliphatic heterocycles. The smallest absolute Gasteiger partial charge is 0.220 e. The fourth-order valence-electron chi connectivity index (χ4n) is 10.3. The summed E-state index contributed by atoms with van der Waals surface area (Å²) in [7, 11) is 0. The van der Waals surface area contributed by atoms with E-state index in [4.69, 9.17) is 9.47 Å². The first-order chi connectivity index (χ1) is 40.3. The van der Waals surface area contributed by atoms with Gasteiger partial charge in [0.25, 0.3) is 0 Å². The number of ether oxygens (including phenoxy) is 2. The largest absolute Gasteiger partial charge is 0.394 e. The molecular formula is C73H127NO8. The van der Waals surface area contributed by atoms with Crippen molar-refractivity contribution < 1.29 is 39.8 Å². The highest BCUT2D eigenvalue weighted by Gasteiger charge is 2.44. The number of carbonyl (C=O) groups is 1. The fourth-order valence-corrected chi connectivity index (χ4v) is 10.3. The molecule has 9 heteroatoms. The van der Waals surface area contributed by atoms with Gasteiger partial charge in [-0.05, 0) is 83.5 Å². The monoisotopic (exact) mass is 1150 g/mol. The van der Waals surface area contributed by atoms with Gasteiger partial charge >= 0.3 is 0 Å². The molecule has 0 aromatic rings. The van der Waals surface area contributed by atoms with Crippen molar-refractivity contribution >= 4 is 5.91 Å². The van der Waals surface area contributed by atoms with Crippen LogP contribution < -0.4 is 5.32 Å². The summed E-state index contributed by atoms with van der Waals surface area (Å²) in [5, 5.41) is 54.7. The van der Waals surface area contributed by atoms with Gasteiger partial charge in [0.15, 0.2) is 6.29 Å². The molecule has 1 fully saturated rings. The Morgan fingerprint density at radius 1 is 0.427 bits per heavy atom. The predicted octanol–water partition coefficient (Wildman–Crippen LogP) is 18.5. The molecule has 1 amide bonds. The molecule has 0 radical (unpaired) electrons. The average molecular weight is 1150 g/mol. The first kappa shape index (κ1) is 76.9. The molecule has 0 saturated carbocycles. The Balaban J connectivity index is 2.13. The number of carbonyl (C=O) groups excluding carboxylic acids is 1. The van der Waals surface area contributed by atoms with E-state index in [9.17, 15) is 30.3 Å². The van der Waals surface area contributed by atoms with E-state index in [1.54, 1.807) is 6.08 Å². The van der Waals surface area contributed by atoms with Crippen molar-refractivity contribution in [1.29, 1.82) is 0 Å². The molecule has 9 nitrogen and oxygen atoms in total. The van der Waals surface area contributed by atoms with E-state index < -0.39 is 49.5 Å². The fraction of sp³-hybridized carbons (Fsp3) is 0.740. The predicted molar refractivity (Wildman–Crippen MR) is 350 cm³/mol. The van der Waals surface area contributed by atoms with Crippen molar-refractivity contribution in [3.63, 3.8) is 0 Å². The lowest BCUT2D eigenvalue weighted by Crippen LogP contribution is -2.60. The van der Waals surface area contributed by atoms with E-state index in [2.05, 4.69) is 116 Å². The summed E-state index contributed by atoms with van der Waals surface area (Å²) < 4.78 is 11.3. The lowest BCUT2D eigenvalue weighted by molar-refractivity contribution is -0.302. The molecule has 472 valence electrons. The number of hydrogen-bond acceptors (Lipinski definition) is 8. The number of rotatable bonds is 58. The Hall–Kier alpha value is -3.15. The minimum absolute atomic E-state index is 0.178. The van der Waals surface area contributed by atoms with Crippen LogP contribution in [0.15, 0.2) is 109 Å². The highest BCUT2D eigenvalue weighted by atomic mass is 16.7. The Morgan fingerprint density at radius 3 is 1.12 bits per heavy atom. The quantitative estimate of drug-likeness (QED) is 0.0261. The molecule has 7 unspecified atom stereocenters. The Bertz CT molecular complexity index is 1660. The lowest BCUT2D eigenvalue weighted by atomic mass is 9.99. The van der Waals surface area contributed by atoms with Gasteiger partial charge in [0, 0.05) is 6.42 Å². The maximum absolute atomic E-state index is 13.1. The normalized spacial score (nSPS) is 19.0. The number of aliphatic hydroxyl groups excluding tert-OH is 5. The van der Waals surface area contributed by atoms with Gasteiger partial charge in [0.05, 0.1) is 25.4 Å². The zero-order valence-corrected chi connectivity index (χ0v) is 52.7. The van der Waals surface area contributed by atoms with Crippen LogP contribution >= 0.6 is 0 Å². The molecular weight excluding hydrogens is 1020 g/mol. The molecule has 0 aromatic heterocycles. The van der Waals surface area contributed by atoms with Crippen LogP contribution in [0.2, 0.25) is 0 Å². The second-order valence-corrected chi connectivity index (χ2v) is 23.2. The van der Waals surface area contributed by atoms with Gasteiger partial charge in [0.2, 0.25) is 5.91 Å². The van der Waals surface area contributed by atoms with Gasteiger partial charge in [-0.3, -0.25) is 4.79 Å². The summed E-state index contributed by atoms with van der Waals surface area (Å²) in [6.07, 6.45) is 83.2. The maximum Gasteiger partial charge on any atom is 0.220 e. The zero-order valence-electron chi connectivity index (χ0n) is 52.7. The van der Waals surface area contributed by atoms with E-state index in [1.807, 2.05) is 6.08 Å². The average Bonchev–Trinajstić information content (AvgIpc) is 3.52. The molecule has 0 spiro atoms. The Labute approximate surface area is 504 Å². The number of amides is 1. The minimum Gasteiger partial charge on any atom is -0.394 e. The summed E-state index contributed by atoms with van der Waals surface area (Å²) in [6, 6.07) is -0.812. The highest BCUT2D eigenvalue weighted by Crippen LogP contribution is 2.23. The van der Waals surface area contributed by atoms with E-state index in [0.29, 0.717) is 6.42 Å². The molecule has 6 N–H and O–H groups in total. The molecule has 0 aromatic carbocycles. The third-order valence-corrected chi connectivity index (χ3v) is 15.6. The molecule has 1 saturated heterocycles. The highest BCUT2D eigenvalue weighted by molar-refractivity contribution is 5.76. The molecule has 1 aliphatic rings. The van der Waals surface area contributed by atoms with Gasteiger partial charge in [-0.15, -0.1) is 0 Å². The number of hydrogen-bond donors (Lipinski definition) is 6. The van der Waals surface area contributed by atoms with Gasteiger partial charge < -0.3 is 40.3 Å². The van der Waals surface area contributed by atoms with Crippen LogP contribution in [0.25, 0.3) is 0 Å². The second-order valence-electron chi connectivity index (χ2n) is 23.2. The van der Waals surface area contributed by atoms with Crippen molar-refractivity contribution in [3.05, 3.63) is 109 Å². The van der Waals surface area contributed by atoms with E-state index in [-0.39, 0.29) is 12.5 Å². The van der Waals surface area contributed by atoms with Gasteiger partial charge in [-0.2, -0.15) is 0 Å². The first-order valence-electron chi connectivity index (χ1n) is 34.1. The molecule has 7 atom stereocenters. The van der Waals surface area contributed by atoms with Crippen LogP contribution in [-0.4, -0.2) is 87.5 Å². The number of unbranched alkanes of at least 4 members (excludes halogenated alkanes) is 32. The summed E-state index contributed by atoms with van der Waals surface area (Å²) >= 11 is 0. The van der Waals surface area contributed by atoms with Crippen LogP contribution in [-0.2, 0) is 14.3 Å². The zero-order chi connectivity index (χ0) is 59.3. The third-order valence-electron chi connectivity index (χ3n) is 15.6. The van der Waals surface area contributed by atoms with Crippen LogP contribution in [0.1, 0.15) is 290 Å². The molecule has 1 heterocycles. The topological polar surface area (TPSA) is 149 Å². The summed E-state index contributed by atoms with van der Waals surface area (Å²) in [4.78, 5) is 13.1. The van der Waals surface area contributed by atoms with Crippen molar-refractivity contribution in [2.24, 2.45) is 0 Å². The first-order valence-corrected chi connectivity index (χ1v) is 34.1. The molecule has 0 bridgehead atoms. The van der Waals surface area contributed by atoms with Gasteiger partial charge in [-0.25, -0.2) is 0 Å². The number of allylic oxidation sites excluding steroid dienone is 17. The number of nitrogens with one attached hydrogen (secondary N) is 1. The van der Waals surface area contributed by atoms with Crippen molar-refractivity contribution in [2.45, 2.75) is 333 Å². The SMILES string of the molecule is CC/C=C\C/C=C\C/C=C\C/C=C\C/C=C\C/C=C\C/C=C\C/C=C\CCCCCCCCCCCCCCCCC(=O)NC(COC1OC(CO)C(O)C(O)C1O)C(O)/C=C/CCCCCCCCCCCCCCCCCCCC. The summed E-state index contributed by atoms with van der Waals surface area (Å²) in [6.45, 7) is 3.69. The Morgan fingerprint density at radius 2 is 0.756 bits per heavy atom. The van der Waals surface area contributed by atoms with E-state index in [1.165, 1.54) is 180 Å². The van der Waals surface area contributed by atoms with Crippen LogP contribution in [0.3, 0.4) is 0 Å². The van der Waals surface area contributed by atoms with Crippen LogP contribution in [0.5, 0.6) is 0 Å². The third kappa shape index (κ3) is 49.1. The van der Waals surface area contributed by atoms with Gasteiger partial charge in [0.1, 0.15) is 24.4 Å².